The van der Waals surface area contributed by atoms with Crippen molar-refractivity contribution in [1.29, 1.82) is 0 Å². The molecule has 15 heavy (non-hydrogen) atoms. The third-order valence-electron chi connectivity index (χ3n) is 3.27. The van der Waals surface area contributed by atoms with Crippen LogP contribution in [-0.4, -0.2) is 36.6 Å². The molecule has 0 heterocycles. The van der Waals surface area contributed by atoms with Crippen molar-refractivity contribution in [3.8, 4) is 0 Å². The van der Waals surface area contributed by atoms with Crippen LogP contribution in [0.2, 0.25) is 0 Å². The van der Waals surface area contributed by atoms with Crippen molar-refractivity contribution < 1.29 is 0 Å². The van der Waals surface area contributed by atoms with Gasteiger partial charge in [0.1, 0.15) is 0 Å². The van der Waals surface area contributed by atoms with Crippen molar-refractivity contribution in [1.82, 2.24) is 10.2 Å². The third-order valence-corrected chi connectivity index (χ3v) is 3.27. The topological polar surface area (TPSA) is 15.3 Å². The van der Waals surface area contributed by atoms with Crippen molar-refractivity contribution in [2.45, 2.75) is 65.0 Å². The highest BCUT2D eigenvalue weighted by Crippen LogP contribution is 2.18. The minimum Gasteiger partial charge on any atom is -0.314 e. The van der Waals surface area contributed by atoms with E-state index < -0.39 is 0 Å². The summed E-state index contributed by atoms with van der Waals surface area (Å²) in [5.74, 6) is 0. The molecule has 1 N–H and O–H groups in total. The Balaban J connectivity index is 1.85. The van der Waals surface area contributed by atoms with E-state index in [2.05, 4.69) is 31.0 Å². The van der Waals surface area contributed by atoms with E-state index in [1.54, 1.807) is 0 Å². The summed E-state index contributed by atoms with van der Waals surface area (Å²) < 4.78 is 0. The first-order valence-electron chi connectivity index (χ1n) is 6.71. The SMILES string of the molecule is CCN(CCCCCNC1CC1)C(C)C. The van der Waals surface area contributed by atoms with Crippen LogP contribution in [-0.2, 0) is 0 Å². The molecule has 90 valence electrons. The molecule has 0 aromatic carbocycles. The average Bonchev–Trinajstić information content (AvgIpc) is 3.00. The molecule has 0 radical (unpaired) electrons. The molecule has 2 nitrogen and oxygen atoms in total. The van der Waals surface area contributed by atoms with Crippen LogP contribution in [0.1, 0.15) is 52.9 Å². The molecule has 0 saturated heterocycles. The van der Waals surface area contributed by atoms with Crippen LogP contribution in [0.25, 0.3) is 0 Å². The van der Waals surface area contributed by atoms with E-state index in [1.165, 1.54) is 51.7 Å². The predicted molar refractivity (Wildman–Crippen MR) is 67.3 cm³/mol. The van der Waals surface area contributed by atoms with Crippen molar-refractivity contribution in [3.05, 3.63) is 0 Å². The molecule has 2 heteroatoms. The van der Waals surface area contributed by atoms with Gasteiger partial charge in [0, 0.05) is 12.1 Å². The largest absolute Gasteiger partial charge is 0.314 e. The Labute approximate surface area is 95.4 Å². The van der Waals surface area contributed by atoms with Gasteiger partial charge in [-0.2, -0.15) is 0 Å². The maximum atomic E-state index is 3.57. The zero-order valence-corrected chi connectivity index (χ0v) is 10.8. The molecule has 0 aromatic heterocycles. The monoisotopic (exact) mass is 212 g/mol. The summed E-state index contributed by atoms with van der Waals surface area (Å²) in [6.07, 6.45) is 6.92. The van der Waals surface area contributed by atoms with E-state index in [-0.39, 0.29) is 0 Å². The number of nitrogens with one attached hydrogen (secondary N) is 1. The maximum Gasteiger partial charge on any atom is 0.00682 e. The van der Waals surface area contributed by atoms with Crippen molar-refractivity contribution in [2.75, 3.05) is 19.6 Å². The lowest BCUT2D eigenvalue weighted by atomic mass is 10.2. The molecule has 0 amide bonds. The summed E-state index contributed by atoms with van der Waals surface area (Å²) in [5, 5.41) is 3.57. The van der Waals surface area contributed by atoms with E-state index in [9.17, 15) is 0 Å². The van der Waals surface area contributed by atoms with Gasteiger partial charge in [0.2, 0.25) is 0 Å². The molecule has 0 unspecified atom stereocenters. The Morgan fingerprint density at radius 2 is 1.93 bits per heavy atom. The van der Waals surface area contributed by atoms with Gasteiger partial charge >= 0.3 is 0 Å². The highest BCUT2D eigenvalue weighted by atomic mass is 15.1. The lowest BCUT2D eigenvalue weighted by molar-refractivity contribution is 0.228. The highest BCUT2D eigenvalue weighted by molar-refractivity contribution is 4.80. The Morgan fingerprint density at radius 3 is 2.47 bits per heavy atom. The first kappa shape index (κ1) is 13.0. The number of nitrogens with zero attached hydrogens (tertiary/aromatic N) is 1. The fourth-order valence-electron chi connectivity index (χ4n) is 1.99. The molecule has 1 aliphatic carbocycles. The molecule has 1 aliphatic rings. The number of hydrogen-bond acceptors (Lipinski definition) is 2. The van der Waals surface area contributed by atoms with E-state index >= 15 is 0 Å². The fraction of sp³-hybridized carbons (Fsp3) is 1.00. The second kappa shape index (κ2) is 7.24. The molecular formula is C13H28N2. The van der Waals surface area contributed by atoms with Crippen LogP contribution in [0.3, 0.4) is 0 Å². The standard InChI is InChI=1S/C13H28N2/c1-4-15(12(2)3)11-7-5-6-10-14-13-8-9-13/h12-14H,4-11H2,1-3H3. The van der Waals surface area contributed by atoms with Crippen LogP contribution in [0.4, 0.5) is 0 Å². The van der Waals surface area contributed by atoms with Gasteiger partial charge in [-0.25, -0.2) is 0 Å². The molecule has 0 spiro atoms. The second-order valence-electron chi connectivity index (χ2n) is 5.01. The van der Waals surface area contributed by atoms with Crippen LogP contribution < -0.4 is 5.32 Å². The number of rotatable bonds is 9. The highest BCUT2D eigenvalue weighted by Gasteiger charge is 2.19. The van der Waals surface area contributed by atoms with Crippen molar-refractivity contribution in [2.24, 2.45) is 0 Å². The Hall–Kier alpha value is -0.0800. The van der Waals surface area contributed by atoms with Gasteiger partial charge in [0.15, 0.2) is 0 Å². The quantitative estimate of drug-likeness (QED) is 0.591. The second-order valence-corrected chi connectivity index (χ2v) is 5.01. The summed E-state index contributed by atoms with van der Waals surface area (Å²) in [6.45, 7) is 10.5. The Morgan fingerprint density at radius 1 is 1.20 bits per heavy atom. The molecule has 0 atom stereocenters. The van der Waals surface area contributed by atoms with Crippen LogP contribution in [0, 0.1) is 0 Å². The zero-order valence-electron chi connectivity index (χ0n) is 10.8. The lowest BCUT2D eigenvalue weighted by Gasteiger charge is -2.24. The van der Waals surface area contributed by atoms with Gasteiger partial charge < -0.3 is 10.2 Å². The first-order valence-corrected chi connectivity index (χ1v) is 6.71. The molecule has 0 bridgehead atoms. The van der Waals surface area contributed by atoms with Crippen LogP contribution >= 0.6 is 0 Å². The van der Waals surface area contributed by atoms with E-state index in [0.29, 0.717) is 6.04 Å². The summed E-state index contributed by atoms with van der Waals surface area (Å²) in [7, 11) is 0. The average molecular weight is 212 g/mol. The van der Waals surface area contributed by atoms with Gasteiger partial charge in [0.25, 0.3) is 0 Å². The molecular weight excluding hydrogens is 184 g/mol. The van der Waals surface area contributed by atoms with Crippen molar-refractivity contribution >= 4 is 0 Å². The normalized spacial score (nSPS) is 16.6. The third kappa shape index (κ3) is 6.16. The summed E-state index contributed by atoms with van der Waals surface area (Å²) in [4.78, 5) is 2.55. The van der Waals surface area contributed by atoms with Crippen molar-refractivity contribution in [3.63, 3.8) is 0 Å². The maximum absolute atomic E-state index is 3.57. The molecule has 1 rings (SSSR count). The minimum atomic E-state index is 0.708. The number of hydrogen-bond donors (Lipinski definition) is 1. The summed E-state index contributed by atoms with van der Waals surface area (Å²) in [5.41, 5.74) is 0. The summed E-state index contributed by atoms with van der Waals surface area (Å²) >= 11 is 0. The van der Waals surface area contributed by atoms with Gasteiger partial charge in [-0.1, -0.05) is 13.3 Å². The fourth-order valence-corrected chi connectivity index (χ4v) is 1.99. The van der Waals surface area contributed by atoms with Crippen LogP contribution in [0.5, 0.6) is 0 Å². The lowest BCUT2D eigenvalue weighted by Crippen LogP contribution is -2.31. The molecule has 1 fully saturated rings. The van der Waals surface area contributed by atoms with Gasteiger partial charge in [0.05, 0.1) is 0 Å². The molecule has 0 aliphatic heterocycles. The minimum absolute atomic E-state index is 0.708. The van der Waals surface area contributed by atoms with E-state index in [1.807, 2.05) is 0 Å². The molecule has 1 saturated carbocycles. The molecule has 0 aromatic rings. The smallest absolute Gasteiger partial charge is 0.00682 e. The Kier molecular flexibility index (Phi) is 6.26. The summed E-state index contributed by atoms with van der Waals surface area (Å²) in [6, 6.07) is 1.59. The van der Waals surface area contributed by atoms with Gasteiger partial charge in [-0.15, -0.1) is 0 Å². The Bertz CT molecular complexity index is 153. The zero-order chi connectivity index (χ0) is 11.1. The first-order chi connectivity index (χ1) is 7.24. The number of unbranched alkanes of at least 4 members (excludes halogenated alkanes) is 2. The van der Waals surface area contributed by atoms with Gasteiger partial charge in [-0.05, 0) is 59.2 Å². The van der Waals surface area contributed by atoms with E-state index in [4.69, 9.17) is 0 Å². The van der Waals surface area contributed by atoms with Crippen LogP contribution in [0.15, 0.2) is 0 Å². The predicted octanol–water partition coefficient (Wildman–Crippen LogP) is 2.64. The van der Waals surface area contributed by atoms with E-state index in [0.717, 1.165) is 6.04 Å². The van der Waals surface area contributed by atoms with Gasteiger partial charge in [-0.3, -0.25) is 0 Å².